The number of amides is 5. The first kappa shape index (κ1) is 32.2. The SMILES string of the molecule is O=C1CCC(N2C(=O)c3cccc(NCCCCCCNC(=O)c4nn(Cc5ccc(Cl)cc5Cl)c5ccccc45)c3C2=O)C(=O)N1. The predicted octanol–water partition coefficient (Wildman–Crippen LogP) is 5.19. The van der Waals surface area contributed by atoms with Gasteiger partial charge < -0.3 is 10.6 Å². The third kappa shape index (κ3) is 6.72. The van der Waals surface area contributed by atoms with Crippen molar-refractivity contribution in [3.05, 3.63) is 93.1 Å². The molecule has 2 aliphatic heterocycles. The van der Waals surface area contributed by atoms with Crippen LogP contribution in [0.15, 0.2) is 60.7 Å². The van der Waals surface area contributed by atoms with Crippen LogP contribution in [0.4, 0.5) is 5.69 Å². The molecule has 0 radical (unpaired) electrons. The van der Waals surface area contributed by atoms with Gasteiger partial charge in [-0.05, 0) is 55.2 Å². The van der Waals surface area contributed by atoms with Crippen molar-refractivity contribution in [3.8, 4) is 0 Å². The minimum absolute atomic E-state index is 0.0702. The molecule has 1 atom stereocenters. The van der Waals surface area contributed by atoms with Crippen LogP contribution in [0, 0.1) is 0 Å². The summed E-state index contributed by atoms with van der Waals surface area (Å²) in [5, 5.41) is 14.9. The number of carbonyl (C=O) groups excluding carboxylic acids is 5. The summed E-state index contributed by atoms with van der Waals surface area (Å²) in [7, 11) is 0. The molecule has 3 N–H and O–H groups in total. The topological polar surface area (TPSA) is 142 Å². The van der Waals surface area contributed by atoms with Crippen molar-refractivity contribution in [1.29, 1.82) is 0 Å². The number of piperidine rings is 1. The van der Waals surface area contributed by atoms with Crippen molar-refractivity contribution in [3.63, 3.8) is 0 Å². The summed E-state index contributed by atoms with van der Waals surface area (Å²) in [4.78, 5) is 64.2. The molecule has 1 aromatic heterocycles. The Morgan fingerprint density at radius 1 is 0.915 bits per heavy atom. The lowest BCUT2D eigenvalue weighted by Gasteiger charge is -2.27. The number of carbonyl (C=O) groups is 5. The Labute approximate surface area is 280 Å². The standard InChI is InChI=1S/C34H32Cl2N6O5/c35-21-13-12-20(24(36)18-21)19-41-26-11-4-3-8-22(26)30(40-41)32(45)38-17-6-2-1-5-16-37-25-10-7-9-23-29(25)34(47)42(33(23)46)27-14-15-28(43)39-31(27)44/h3-4,7-13,18,27,37H,1-2,5-6,14-17,19H2,(H,38,45)(H,39,43,44). The van der Waals surface area contributed by atoms with Gasteiger partial charge in [0.2, 0.25) is 11.8 Å². The summed E-state index contributed by atoms with van der Waals surface area (Å²) in [6.45, 7) is 1.46. The highest BCUT2D eigenvalue weighted by molar-refractivity contribution is 6.35. The van der Waals surface area contributed by atoms with Gasteiger partial charge in [0, 0.05) is 40.6 Å². The number of halogens is 2. The third-order valence-electron chi connectivity index (χ3n) is 8.38. The van der Waals surface area contributed by atoms with E-state index in [4.69, 9.17) is 23.2 Å². The zero-order chi connectivity index (χ0) is 33.1. The highest BCUT2D eigenvalue weighted by Gasteiger charge is 2.45. The van der Waals surface area contributed by atoms with E-state index < -0.39 is 29.7 Å². The highest BCUT2D eigenvalue weighted by Crippen LogP contribution is 2.32. The van der Waals surface area contributed by atoms with Crippen molar-refractivity contribution in [1.82, 2.24) is 25.3 Å². The number of para-hydroxylation sites is 1. The van der Waals surface area contributed by atoms with Gasteiger partial charge in [-0.15, -0.1) is 0 Å². The fourth-order valence-corrected chi connectivity index (χ4v) is 6.47. The van der Waals surface area contributed by atoms with Crippen LogP contribution in [-0.2, 0) is 16.1 Å². The zero-order valence-electron chi connectivity index (χ0n) is 25.4. The van der Waals surface area contributed by atoms with Crippen molar-refractivity contribution in [2.45, 2.75) is 51.1 Å². The molecule has 0 aliphatic carbocycles. The molecule has 1 saturated heterocycles. The van der Waals surface area contributed by atoms with Crippen LogP contribution < -0.4 is 16.0 Å². The molecule has 5 amide bonds. The van der Waals surface area contributed by atoms with E-state index in [9.17, 15) is 24.0 Å². The van der Waals surface area contributed by atoms with Gasteiger partial charge in [0.05, 0.1) is 23.2 Å². The maximum absolute atomic E-state index is 13.2. The lowest BCUT2D eigenvalue weighted by molar-refractivity contribution is -0.136. The molecular formula is C34H32Cl2N6O5. The lowest BCUT2D eigenvalue weighted by Crippen LogP contribution is -2.54. The van der Waals surface area contributed by atoms with Crippen molar-refractivity contribution in [2.75, 3.05) is 18.4 Å². The number of benzene rings is 3. The molecule has 0 bridgehead atoms. The minimum atomic E-state index is -1.00. The van der Waals surface area contributed by atoms with Crippen LogP contribution in [0.1, 0.15) is 75.3 Å². The van der Waals surface area contributed by atoms with E-state index in [1.165, 1.54) is 0 Å². The van der Waals surface area contributed by atoms with Crippen LogP contribution >= 0.6 is 23.2 Å². The summed E-state index contributed by atoms with van der Waals surface area (Å²) in [6, 6.07) is 16.9. The Hall–Kier alpha value is -4.74. The first-order valence-corrected chi connectivity index (χ1v) is 16.2. The van der Waals surface area contributed by atoms with Crippen LogP contribution in [0.25, 0.3) is 10.9 Å². The van der Waals surface area contributed by atoms with Gasteiger partial charge in [-0.3, -0.25) is 38.9 Å². The molecule has 1 unspecified atom stereocenters. The van der Waals surface area contributed by atoms with Crippen molar-refractivity contribution < 1.29 is 24.0 Å². The van der Waals surface area contributed by atoms with Gasteiger partial charge in [-0.1, -0.05) is 66.4 Å². The van der Waals surface area contributed by atoms with Gasteiger partial charge >= 0.3 is 0 Å². The number of imide groups is 2. The molecule has 0 saturated carbocycles. The molecule has 13 heteroatoms. The smallest absolute Gasteiger partial charge is 0.272 e. The van der Waals surface area contributed by atoms with Crippen LogP contribution in [0.3, 0.4) is 0 Å². The van der Waals surface area contributed by atoms with Crippen molar-refractivity contribution >= 4 is 69.3 Å². The van der Waals surface area contributed by atoms with Gasteiger partial charge in [0.25, 0.3) is 17.7 Å². The molecule has 47 heavy (non-hydrogen) atoms. The average molecular weight is 676 g/mol. The number of hydrogen-bond acceptors (Lipinski definition) is 7. The Balaban J connectivity index is 0.970. The summed E-state index contributed by atoms with van der Waals surface area (Å²) in [5.41, 5.74) is 3.05. The molecule has 6 rings (SSSR count). The van der Waals surface area contributed by atoms with E-state index in [0.717, 1.165) is 47.0 Å². The third-order valence-corrected chi connectivity index (χ3v) is 8.97. The summed E-state index contributed by atoms with van der Waals surface area (Å²) in [5.74, 6) is -2.36. The van der Waals surface area contributed by atoms with Crippen LogP contribution in [0.5, 0.6) is 0 Å². The highest BCUT2D eigenvalue weighted by atomic mass is 35.5. The number of nitrogens with zero attached hydrogens (tertiary/aromatic N) is 3. The molecular weight excluding hydrogens is 643 g/mol. The minimum Gasteiger partial charge on any atom is -0.384 e. The maximum atomic E-state index is 13.2. The second kappa shape index (κ2) is 13.9. The Kier molecular flexibility index (Phi) is 9.55. The molecule has 1 fully saturated rings. The number of unbranched alkanes of at least 4 members (excludes halogenated alkanes) is 3. The van der Waals surface area contributed by atoms with E-state index in [-0.39, 0.29) is 29.9 Å². The molecule has 3 aromatic carbocycles. The van der Waals surface area contributed by atoms with Gasteiger partial charge in [-0.2, -0.15) is 5.10 Å². The van der Waals surface area contributed by atoms with Gasteiger partial charge in [0.15, 0.2) is 5.69 Å². The summed E-state index contributed by atoms with van der Waals surface area (Å²) < 4.78 is 1.77. The van der Waals surface area contributed by atoms with E-state index in [1.54, 1.807) is 35.0 Å². The molecule has 11 nitrogen and oxygen atoms in total. The number of rotatable bonds is 12. The van der Waals surface area contributed by atoms with E-state index in [0.29, 0.717) is 41.1 Å². The molecule has 4 aromatic rings. The fourth-order valence-electron chi connectivity index (χ4n) is 6.00. The molecule has 0 spiro atoms. The Morgan fingerprint density at radius 3 is 2.49 bits per heavy atom. The second-order valence-corrected chi connectivity index (χ2v) is 12.4. The Bertz CT molecular complexity index is 1910. The van der Waals surface area contributed by atoms with Crippen LogP contribution in [0.2, 0.25) is 10.0 Å². The number of hydrogen-bond donors (Lipinski definition) is 3. The van der Waals surface area contributed by atoms with Crippen molar-refractivity contribution in [2.24, 2.45) is 0 Å². The monoisotopic (exact) mass is 674 g/mol. The fraction of sp³-hybridized carbons (Fsp3) is 0.294. The van der Waals surface area contributed by atoms with Gasteiger partial charge in [-0.25, -0.2) is 0 Å². The van der Waals surface area contributed by atoms with Gasteiger partial charge in [0.1, 0.15) is 6.04 Å². The molecule has 242 valence electrons. The first-order valence-electron chi connectivity index (χ1n) is 15.5. The first-order chi connectivity index (χ1) is 22.7. The lowest BCUT2D eigenvalue weighted by atomic mass is 10.0. The molecule has 2 aliphatic rings. The van der Waals surface area contributed by atoms with Crippen LogP contribution in [-0.4, -0.2) is 63.3 Å². The molecule has 3 heterocycles. The normalized spacial score (nSPS) is 16.0. The van der Waals surface area contributed by atoms with E-state index in [2.05, 4.69) is 21.0 Å². The second-order valence-electron chi connectivity index (χ2n) is 11.5. The number of fused-ring (bicyclic) bond motifs is 2. The van der Waals surface area contributed by atoms with E-state index in [1.807, 2.05) is 30.3 Å². The zero-order valence-corrected chi connectivity index (χ0v) is 26.9. The Morgan fingerprint density at radius 2 is 1.70 bits per heavy atom. The largest absolute Gasteiger partial charge is 0.384 e. The average Bonchev–Trinajstić information content (AvgIpc) is 3.54. The summed E-state index contributed by atoms with van der Waals surface area (Å²) in [6.07, 6.45) is 3.52. The summed E-state index contributed by atoms with van der Waals surface area (Å²) >= 11 is 12.4. The number of aromatic nitrogens is 2. The number of anilines is 1. The predicted molar refractivity (Wildman–Crippen MR) is 178 cm³/mol. The quantitative estimate of drug-likeness (QED) is 0.139. The maximum Gasteiger partial charge on any atom is 0.272 e. The number of nitrogens with one attached hydrogen (secondary N) is 3. The van der Waals surface area contributed by atoms with E-state index >= 15 is 0 Å².